The van der Waals surface area contributed by atoms with Crippen LogP contribution in [-0.2, 0) is 6.18 Å². The molecule has 3 rings (SSSR count). The second-order valence-electron chi connectivity index (χ2n) is 7.43. The molecule has 1 heterocycles. The Kier molecular flexibility index (Phi) is 7.40. The number of amidine groups is 1. The third kappa shape index (κ3) is 6.20. The summed E-state index contributed by atoms with van der Waals surface area (Å²) in [5.41, 5.74) is -1.17. The first-order valence-corrected chi connectivity index (χ1v) is 10.5. The van der Waals surface area contributed by atoms with E-state index in [1.165, 1.54) is 17.2 Å². The summed E-state index contributed by atoms with van der Waals surface area (Å²) in [6.45, 7) is 2.02. The number of nitrogens with zero attached hydrogens (tertiary/aromatic N) is 3. The monoisotopic (exact) mass is 485 g/mol. The summed E-state index contributed by atoms with van der Waals surface area (Å²) in [6.07, 6.45) is -0.558. The Morgan fingerprint density at radius 3 is 2.59 bits per heavy atom. The molecule has 1 aromatic heterocycles. The molecule has 1 fully saturated rings. The maximum absolute atomic E-state index is 13.3. The van der Waals surface area contributed by atoms with Crippen molar-refractivity contribution in [2.45, 2.75) is 32.0 Å². The van der Waals surface area contributed by atoms with Gasteiger partial charge >= 0.3 is 6.18 Å². The van der Waals surface area contributed by atoms with Crippen molar-refractivity contribution in [3.05, 3.63) is 57.7 Å². The molecule has 1 aromatic carbocycles. The van der Waals surface area contributed by atoms with Gasteiger partial charge < -0.3 is 10.2 Å². The number of carbonyl (C=O) groups is 1. The second-order valence-corrected chi connectivity index (χ2v) is 8.31. The molecule has 1 amide bonds. The maximum atomic E-state index is 13.3. The molecule has 0 saturated heterocycles. The van der Waals surface area contributed by atoms with Gasteiger partial charge in [-0.15, -0.1) is 0 Å². The Labute approximate surface area is 193 Å². The highest BCUT2D eigenvalue weighted by atomic mass is 35.5. The zero-order valence-corrected chi connectivity index (χ0v) is 18.5. The molecule has 1 unspecified atom stereocenters. The normalized spacial score (nSPS) is 15.2. The number of hydrogen-bond donors (Lipinski definition) is 2. The quantitative estimate of drug-likeness (QED) is 0.386. The van der Waals surface area contributed by atoms with Gasteiger partial charge in [0.25, 0.3) is 5.91 Å². The summed E-state index contributed by atoms with van der Waals surface area (Å²) >= 11 is 11.7. The average molecular weight is 486 g/mol. The fourth-order valence-electron chi connectivity index (χ4n) is 3.08. The van der Waals surface area contributed by atoms with Crippen molar-refractivity contribution in [1.82, 2.24) is 9.88 Å². The van der Waals surface area contributed by atoms with Crippen molar-refractivity contribution in [1.29, 1.82) is 5.41 Å². The van der Waals surface area contributed by atoms with Crippen LogP contribution < -0.4 is 5.32 Å². The Morgan fingerprint density at radius 1 is 1.31 bits per heavy atom. The van der Waals surface area contributed by atoms with Crippen molar-refractivity contribution < 1.29 is 18.0 Å². The van der Waals surface area contributed by atoms with Gasteiger partial charge in [0.05, 0.1) is 16.6 Å². The summed E-state index contributed by atoms with van der Waals surface area (Å²) in [5, 5.41) is 10.6. The molecule has 2 N–H and O–H groups in total. The lowest BCUT2D eigenvalue weighted by Gasteiger charge is -2.31. The second kappa shape index (κ2) is 9.87. The van der Waals surface area contributed by atoms with Crippen LogP contribution >= 0.6 is 23.2 Å². The Morgan fingerprint density at radius 2 is 2.03 bits per heavy atom. The molecule has 0 radical (unpaired) electrons. The van der Waals surface area contributed by atoms with Crippen LogP contribution in [0, 0.1) is 11.3 Å². The van der Waals surface area contributed by atoms with Crippen LogP contribution in [0.1, 0.15) is 35.7 Å². The molecule has 11 heteroatoms. The minimum Gasteiger partial charge on any atom is -0.328 e. The number of anilines is 1. The predicted molar refractivity (Wildman–Crippen MR) is 119 cm³/mol. The lowest BCUT2D eigenvalue weighted by molar-refractivity contribution is -0.137. The fourth-order valence-corrected chi connectivity index (χ4v) is 3.43. The summed E-state index contributed by atoms with van der Waals surface area (Å²) < 4.78 is 39.7. The highest BCUT2D eigenvalue weighted by molar-refractivity contribution is 6.31. The van der Waals surface area contributed by atoms with Crippen molar-refractivity contribution in [3.63, 3.8) is 0 Å². The van der Waals surface area contributed by atoms with Crippen LogP contribution in [0.5, 0.6) is 0 Å². The van der Waals surface area contributed by atoms with Crippen LogP contribution in [0.3, 0.4) is 0 Å². The van der Waals surface area contributed by atoms with Gasteiger partial charge in [-0.3, -0.25) is 10.2 Å². The van der Waals surface area contributed by atoms with Crippen molar-refractivity contribution >= 4 is 47.1 Å². The summed E-state index contributed by atoms with van der Waals surface area (Å²) in [4.78, 5) is 22.9. The first-order valence-electron chi connectivity index (χ1n) is 9.72. The summed E-state index contributed by atoms with van der Waals surface area (Å²) in [5.74, 6) is 0.267. The maximum Gasteiger partial charge on any atom is 0.416 e. The van der Waals surface area contributed by atoms with E-state index >= 15 is 0 Å². The number of hydrogen-bond acceptors (Lipinski definition) is 3. The van der Waals surface area contributed by atoms with Crippen molar-refractivity contribution in [2.24, 2.45) is 10.9 Å². The molecule has 0 spiro atoms. The lowest BCUT2D eigenvalue weighted by atomic mass is 10.1. The number of alkyl halides is 3. The topological polar surface area (TPSA) is 81.4 Å². The van der Waals surface area contributed by atoms with E-state index in [0.717, 1.165) is 31.3 Å². The summed E-state index contributed by atoms with van der Waals surface area (Å²) in [6, 6.07) is 5.32. The number of aliphatic imine (C=N–C) groups is 1. The minimum atomic E-state index is -4.64. The Balaban J connectivity index is 1.92. The number of amides is 1. The third-order valence-electron chi connectivity index (χ3n) is 4.94. The van der Waals surface area contributed by atoms with E-state index in [1.54, 1.807) is 19.1 Å². The number of carbonyl (C=O) groups excluding carboxylic acids is 1. The molecule has 1 atom stereocenters. The standard InChI is InChI=1S/C21H20Cl2F3N5O/c1-12(19(29-11-27)30-18-5-4-16(22)9-28-18)31(10-13-2-3-13)20(32)14-6-15(21(24,25)26)8-17(23)7-14/h4-9,11-13H,2-3,10H2,1H3,(H2,27,28,29,30). The molecule has 6 nitrogen and oxygen atoms in total. The van der Waals surface area contributed by atoms with E-state index in [1.807, 2.05) is 0 Å². The van der Waals surface area contributed by atoms with E-state index < -0.39 is 23.7 Å². The van der Waals surface area contributed by atoms with Gasteiger partial charge in [0.2, 0.25) is 0 Å². The third-order valence-corrected chi connectivity index (χ3v) is 5.38. The number of pyridine rings is 1. The molecular formula is C21H20Cl2F3N5O. The van der Waals surface area contributed by atoms with Gasteiger partial charge in [-0.05, 0) is 56.0 Å². The number of halogens is 5. The van der Waals surface area contributed by atoms with Gasteiger partial charge in [0.1, 0.15) is 18.0 Å². The van der Waals surface area contributed by atoms with Crippen molar-refractivity contribution in [3.8, 4) is 0 Å². The first kappa shape index (κ1) is 24.0. The van der Waals surface area contributed by atoms with E-state index in [2.05, 4.69) is 15.3 Å². The lowest BCUT2D eigenvalue weighted by Crippen LogP contribution is -2.47. The smallest absolute Gasteiger partial charge is 0.328 e. The first-order chi connectivity index (χ1) is 15.1. The molecular weight excluding hydrogens is 466 g/mol. The molecule has 0 aliphatic heterocycles. The van der Waals surface area contributed by atoms with Gasteiger partial charge in [-0.2, -0.15) is 13.2 Å². The fraction of sp³-hybridized carbons (Fsp3) is 0.333. The predicted octanol–water partition coefficient (Wildman–Crippen LogP) is 5.77. The van der Waals surface area contributed by atoms with E-state index in [0.29, 0.717) is 17.4 Å². The zero-order chi connectivity index (χ0) is 23.5. The van der Waals surface area contributed by atoms with Gasteiger partial charge in [-0.25, -0.2) is 9.98 Å². The van der Waals surface area contributed by atoms with Crippen LogP contribution in [0.4, 0.5) is 19.0 Å². The van der Waals surface area contributed by atoms with Crippen LogP contribution in [0.25, 0.3) is 0 Å². The Bertz CT molecular complexity index is 1020. The largest absolute Gasteiger partial charge is 0.416 e. The molecule has 32 heavy (non-hydrogen) atoms. The van der Waals surface area contributed by atoms with Gasteiger partial charge in [-0.1, -0.05) is 23.2 Å². The summed E-state index contributed by atoms with van der Waals surface area (Å²) in [7, 11) is 0. The number of benzene rings is 1. The highest BCUT2D eigenvalue weighted by Gasteiger charge is 2.35. The van der Waals surface area contributed by atoms with Gasteiger partial charge in [0, 0.05) is 23.3 Å². The van der Waals surface area contributed by atoms with Gasteiger partial charge in [0.15, 0.2) is 0 Å². The molecule has 170 valence electrons. The van der Waals surface area contributed by atoms with Crippen LogP contribution in [0.15, 0.2) is 41.5 Å². The number of aromatic nitrogens is 1. The molecule has 1 aliphatic carbocycles. The van der Waals surface area contributed by atoms with Crippen molar-refractivity contribution in [2.75, 3.05) is 11.9 Å². The minimum absolute atomic E-state index is 0.170. The van der Waals surface area contributed by atoms with E-state index in [-0.39, 0.29) is 22.3 Å². The SMILES string of the molecule is CC(/C(=N/C=N)Nc1ccc(Cl)cn1)N(CC1CC1)C(=O)c1cc(Cl)cc(C(F)(F)F)c1. The average Bonchev–Trinajstić information content (AvgIpc) is 3.55. The molecule has 1 saturated carbocycles. The zero-order valence-electron chi connectivity index (χ0n) is 17.0. The van der Waals surface area contributed by atoms with E-state index in [4.69, 9.17) is 28.6 Å². The number of rotatable bonds is 7. The molecule has 0 bridgehead atoms. The molecule has 2 aromatic rings. The number of nitrogens with one attached hydrogen (secondary N) is 2. The highest BCUT2D eigenvalue weighted by Crippen LogP contribution is 2.34. The van der Waals surface area contributed by atoms with Crippen LogP contribution in [0.2, 0.25) is 10.0 Å². The van der Waals surface area contributed by atoms with E-state index in [9.17, 15) is 18.0 Å². The van der Waals surface area contributed by atoms with Crippen LogP contribution in [-0.4, -0.2) is 40.6 Å². The Hall–Kier alpha value is -2.65. The molecule has 1 aliphatic rings.